The third kappa shape index (κ3) is 3.76. The summed E-state index contributed by atoms with van der Waals surface area (Å²) in [5.41, 5.74) is 2.71. The molecule has 21 heavy (non-hydrogen) atoms. The van der Waals surface area contributed by atoms with Gasteiger partial charge in [-0.2, -0.15) is 0 Å². The van der Waals surface area contributed by atoms with Gasteiger partial charge in [0.15, 0.2) is 5.96 Å². The predicted molar refractivity (Wildman–Crippen MR) is 91.2 cm³/mol. The molecule has 1 aromatic carbocycles. The van der Waals surface area contributed by atoms with E-state index in [9.17, 15) is 0 Å². The number of nitrogens with zero attached hydrogens (tertiary/aromatic N) is 3. The van der Waals surface area contributed by atoms with E-state index < -0.39 is 0 Å². The first-order valence-electron chi connectivity index (χ1n) is 7.93. The largest absolute Gasteiger partial charge is 0.355 e. The number of aliphatic imine (C=N–C) groups is 1. The van der Waals surface area contributed by atoms with E-state index in [1.807, 2.05) is 7.05 Å². The lowest BCUT2D eigenvalue weighted by Crippen LogP contribution is -2.44. The molecule has 0 fully saturated rings. The molecule has 0 spiro atoms. The maximum atomic E-state index is 4.44. The van der Waals surface area contributed by atoms with Crippen LogP contribution in [0.25, 0.3) is 0 Å². The minimum Gasteiger partial charge on any atom is -0.355 e. The molecule has 1 aromatic rings. The van der Waals surface area contributed by atoms with Gasteiger partial charge in [-0.25, -0.2) is 0 Å². The second kappa shape index (κ2) is 7.46. The first-order valence-corrected chi connectivity index (χ1v) is 7.93. The van der Waals surface area contributed by atoms with Gasteiger partial charge in [-0.15, -0.1) is 0 Å². The fraction of sp³-hybridized carbons (Fsp3) is 0.588. The summed E-state index contributed by atoms with van der Waals surface area (Å²) < 4.78 is 0. The highest BCUT2D eigenvalue weighted by Crippen LogP contribution is 2.27. The van der Waals surface area contributed by atoms with E-state index in [1.165, 1.54) is 17.7 Å². The summed E-state index contributed by atoms with van der Waals surface area (Å²) in [4.78, 5) is 9.12. The van der Waals surface area contributed by atoms with Crippen LogP contribution >= 0.6 is 0 Å². The lowest BCUT2D eigenvalue weighted by molar-refractivity contribution is 0.256. The molecule has 0 aliphatic carbocycles. The van der Waals surface area contributed by atoms with Gasteiger partial charge < -0.3 is 15.1 Å². The number of nitrogens with one attached hydrogen (secondary N) is 1. The standard InChI is InChI=1S/C17H28N4/c1-5-14(2)20(4)13-11-19-17(18-3)21-12-10-15-8-6-7-9-16(15)21/h6-9,14H,5,10-13H2,1-4H3,(H,18,19). The van der Waals surface area contributed by atoms with E-state index in [0.29, 0.717) is 6.04 Å². The molecule has 4 nitrogen and oxygen atoms in total. The Labute approximate surface area is 128 Å². The van der Waals surface area contributed by atoms with Crippen LogP contribution in [0.4, 0.5) is 5.69 Å². The zero-order valence-corrected chi connectivity index (χ0v) is 13.8. The summed E-state index contributed by atoms with van der Waals surface area (Å²) in [6.07, 6.45) is 2.29. The van der Waals surface area contributed by atoms with Crippen molar-refractivity contribution in [1.29, 1.82) is 0 Å². The van der Waals surface area contributed by atoms with Crippen LogP contribution < -0.4 is 10.2 Å². The average molecular weight is 288 g/mol. The number of para-hydroxylation sites is 1. The predicted octanol–water partition coefficient (Wildman–Crippen LogP) is 2.35. The number of fused-ring (bicyclic) bond motifs is 1. The molecule has 4 heteroatoms. The monoisotopic (exact) mass is 288 g/mol. The average Bonchev–Trinajstić information content (AvgIpc) is 2.94. The second-order valence-corrected chi connectivity index (χ2v) is 5.74. The molecular weight excluding hydrogens is 260 g/mol. The number of hydrogen-bond acceptors (Lipinski definition) is 2. The van der Waals surface area contributed by atoms with Gasteiger partial charge in [0.2, 0.25) is 0 Å². The Hall–Kier alpha value is -1.55. The third-order valence-electron chi connectivity index (χ3n) is 4.45. The van der Waals surface area contributed by atoms with Crippen LogP contribution in [-0.4, -0.2) is 50.6 Å². The number of likely N-dealkylation sites (N-methyl/N-ethyl adjacent to an activating group) is 1. The first-order chi connectivity index (χ1) is 10.2. The van der Waals surface area contributed by atoms with Crippen LogP contribution in [0.5, 0.6) is 0 Å². The minimum absolute atomic E-state index is 0.626. The maximum Gasteiger partial charge on any atom is 0.198 e. The van der Waals surface area contributed by atoms with Crippen molar-refractivity contribution >= 4 is 11.6 Å². The SMILES string of the molecule is CCC(C)N(C)CCNC(=NC)N1CCc2ccccc21. The van der Waals surface area contributed by atoms with Crippen molar-refractivity contribution in [2.45, 2.75) is 32.7 Å². The molecule has 0 saturated carbocycles. The van der Waals surface area contributed by atoms with Crippen molar-refractivity contribution in [2.75, 3.05) is 38.6 Å². The van der Waals surface area contributed by atoms with E-state index in [2.05, 4.69) is 65.3 Å². The van der Waals surface area contributed by atoms with Crippen LogP contribution in [0, 0.1) is 0 Å². The summed E-state index contributed by atoms with van der Waals surface area (Å²) in [6.45, 7) is 7.47. The lowest BCUT2D eigenvalue weighted by atomic mass is 10.2. The van der Waals surface area contributed by atoms with Crippen molar-refractivity contribution < 1.29 is 0 Å². The molecule has 116 valence electrons. The molecular formula is C17H28N4. The van der Waals surface area contributed by atoms with E-state index in [4.69, 9.17) is 0 Å². The quantitative estimate of drug-likeness (QED) is 0.666. The number of anilines is 1. The molecule has 1 unspecified atom stereocenters. The van der Waals surface area contributed by atoms with E-state index in [1.54, 1.807) is 0 Å². The summed E-state index contributed by atoms with van der Waals surface area (Å²) >= 11 is 0. The topological polar surface area (TPSA) is 30.9 Å². The second-order valence-electron chi connectivity index (χ2n) is 5.74. The highest BCUT2D eigenvalue weighted by atomic mass is 15.3. The zero-order valence-electron chi connectivity index (χ0n) is 13.8. The number of rotatable bonds is 5. The molecule has 1 aliphatic rings. The molecule has 1 N–H and O–H groups in total. The van der Waals surface area contributed by atoms with Gasteiger partial charge in [-0.05, 0) is 38.4 Å². The fourth-order valence-corrected chi connectivity index (χ4v) is 2.73. The van der Waals surface area contributed by atoms with Crippen LogP contribution in [0.1, 0.15) is 25.8 Å². The molecule has 1 aliphatic heterocycles. The Kier molecular flexibility index (Phi) is 5.62. The van der Waals surface area contributed by atoms with Crippen molar-refractivity contribution in [3.05, 3.63) is 29.8 Å². The molecule has 1 heterocycles. The van der Waals surface area contributed by atoms with E-state index in [0.717, 1.165) is 32.0 Å². The fourth-order valence-electron chi connectivity index (χ4n) is 2.73. The first kappa shape index (κ1) is 15.8. The maximum absolute atomic E-state index is 4.44. The number of benzene rings is 1. The smallest absolute Gasteiger partial charge is 0.198 e. The van der Waals surface area contributed by atoms with Gasteiger partial charge in [0.05, 0.1) is 0 Å². The molecule has 2 rings (SSSR count). The Bertz CT molecular complexity index is 483. The molecule has 0 saturated heterocycles. The van der Waals surface area contributed by atoms with Gasteiger partial charge in [-0.1, -0.05) is 25.1 Å². The van der Waals surface area contributed by atoms with Gasteiger partial charge >= 0.3 is 0 Å². The summed E-state index contributed by atoms with van der Waals surface area (Å²) in [5.74, 6) is 0.984. The normalized spacial score (nSPS) is 16.2. The van der Waals surface area contributed by atoms with Crippen LogP contribution in [-0.2, 0) is 6.42 Å². The van der Waals surface area contributed by atoms with Crippen molar-refractivity contribution in [1.82, 2.24) is 10.2 Å². The van der Waals surface area contributed by atoms with Gasteiger partial charge in [0, 0.05) is 38.4 Å². The molecule has 0 aromatic heterocycles. The number of hydrogen-bond donors (Lipinski definition) is 1. The van der Waals surface area contributed by atoms with E-state index >= 15 is 0 Å². The Balaban J connectivity index is 1.91. The van der Waals surface area contributed by atoms with Gasteiger partial charge in [0.1, 0.15) is 0 Å². The van der Waals surface area contributed by atoms with Crippen LogP contribution in [0.3, 0.4) is 0 Å². The summed E-state index contributed by atoms with van der Waals surface area (Å²) in [6, 6.07) is 9.22. The Morgan fingerprint density at radius 3 is 2.90 bits per heavy atom. The van der Waals surface area contributed by atoms with Gasteiger partial charge in [0.25, 0.3) is 0 Å². The number of guanidine groups is 1. The molecule has 1 atom stereocenters. The Morgan fingerprint density at radius 1 is 1.43 bits per heavy atom. The zero-order chi connectivity index (χ0) is 15.2. The van der Waals surface area contributed by atoms with Crippen LogP contribution in [0.15, 0.2) is 29.3 Å². The van der Waals surface area contributed by atoms with Crippen molar-refractivity contribution in [3.63, 3.8) is 0 Å². The highest BCUT2D eigenvalue weighted by molar-refractivity contribution is 5.97. The van der Waals surface area contributed by atoms with Crippen LogP contribution in [0.2, 0.25) is 0 Å². The molecule has 0 bridgehead atoms. The summed E-state index contributed by atoms with van der Waals surface area (Å²) in [5, 5.41) is 3.50. The molecule has 0 radical (unpaired) electrons. The third-order valence-corrected chi connectivity index (χ3v) is 4.45. The van der Waals surface area contributed by atoms with Crippen molar-refractivity contribution in [2.24, 2.45) is 4.99 Å². The van der Waals surface area contributed by atoms with Gasteiger partial charge in [-0.3, -0.25) is 4.99 Å². The van der Waals surface area contributed by atoms with E-state index in [-0.39, 0.29) is 0 Å². The minimum atomic E-state index is 0.626. The molecule has 0 amide bonds. The summed E-state index contributed by atoms with van der Waals surface area (Å²) in [7, 11) is 4.05. The lowest BCUT2D eigenvalue weighted by Gasteiger charge is -2.26. The van der Waals surface area contributed by atoms with Crippen molar-refractivity contribution in [3.8, 4) is 0 Å². The highest BCUT2D eigenvalue weighted by Gasteiger charge is 2.22. The Morgan fingerprint density at radius 2 is 2.19 bits per heavy atom.